The van der Waals surface area contributed by atoms with Gasteiger partial charge in [-0.25, -0.2) is 0 Å². The van der Waals surface area contributed by atoms with Crippen molar-refractivity contribution in [1.82, 2.24) is 0 Å². The molecule has 1 atom stereocenters. The Bertz CT molecular complexity index is 122. The standard InChI is InChI=1S/C8H20O3SSi/c1-5-8(12)6-7-13(9-2,10-3)11-4/h8,12H,5-7H2,1-4H3. The summed E-state index contributed by atoms with van der Waals surface area (Å²) in [5.74, 6) is 0. The fourth-order valence-electron chi connectivity index (χ4n) is 1.10. The van der Waals surface area contributed by atoms with Crippen LogP contribution in [0, 0.1) is 0 Å². The van der Waals surface area contributed by atoms with Gasteiger partial charge in [-0.1, -0.05) is 6.92 Å². The quantitative estimate of drug-likeness (QED) is 0.529. The van der Waals surface area contributed by atoms with Crippen LogP contribution in [0.4, 0.5) is 0 Å². The second-order valence-electron chi connectivity index (χ2n) is 2.90. The van der Waals surface area contributed by atoms with Gasteiger partial charge in [0.15, 0.2) is 0 Å². The predicted molar refractivity (Wildman–Crippen MR) is 59.3 cm³/mol. The minimum absolute atomic E-state index is 0.410. The summed E-state index contributed by atoms with van der Waals surface area (Å²) in [5, 5.41) is 0.410. The Morgan fingerprint density at radius 1 is 1.15 bits per heavy atom. The molecular weight excluding hydrogens is 204 g/mol. The molecule has 0 fully saturated rings. The minimum atomic E-state index is -2.35. The first-order chi connectivity index (χ1) is 6.14. The third-order valence-corrected chi connectivity index (χ3v) is 5.58. The van der Waals surface area contributed by atoms with Gasteiger partial charge in [0.25, 0.3) is 0 Å². The molecule has 0 spiro atoms. The van der Waals surface area contributed by atoms with Gasteiger partial charge >= 0.3 is 8.80 Å². The third kappa shape index (κ3) is 4.46. The molecule has 0 amide bonds. The summed E-state index contributed by atoms with van der Waals surface area (Å²) >= 11 is 4.41. The third-order valence-electron chi connectivity index (χ3n) is 2.19. The van der Waals surface area contributed by atoms with Crippen LogP contribution in [-0.2, 0) is 13.3 Å². The highest BCUT2D eigenvalue weighted by Gasteiger charge is 2.37. The van der Waals surface area contributed by atoms with Crippen LogP contribution in [0.5, 0.6) is 0 Å². The van der Waals surface area contributed by atoms with Gasteiger partial charge in [-0.05, 0) is 12.8 Å². The molecule has 13 heavy (non-hydrogen) atoms. The van der Waals surface area contributed by atoms with Gasteiger partial charge in [-0.15, -0.1) is 0 Å². The average molecular weight is 224 g/mol. The lowest BCUT2D eigenvalue weighted by atomic mass is 10.3. The van der Waals surface area contributed by atoms with E-state index in [-0.39, 0.29) is 0 Å². The van der Waals surface area contributed by atoms with Crippen LogP contribution in [0.15, 0.2) is 0 Å². The van der Waals surface area contributed by atoms with Gasteiger partial charge in [0.05, 0.1) is 0 Å². The Morgan fingerprint density at radius 2 is 1.62 bits per heavy atom. The van der Waals surface area contributed by atoms with E-state index in [2.05, 4.69) is 19.6 Å². The van der Waals surface area contributed by atoms with Crippen molar-refractivity contribution in [2.45, 2.75) is 31.1 Å². The summed E-state index contributed by atoms with van der Waals surface area (Å²) < 4.78 is 15.9. The molecule has 0 bridgehead atoms. The number of hydrogen-bond donors (Lipinski definition) is 1. The summed E-state index contributed by atoms with van der Waals surface area (Å²) in [6, 6.07) is 0.832. The molecule has 0 saturated carbocycles. The first kappa shape index (κ1) is 13.4. The minimum Gasteiger partial charge on any atom is -0.377 e. The highest BCUT2D eigenvalue weighted by molar-refractivity contribution is 7.80. The van der Waals surface area contributed by atoms with E-state index in [1.807, 2.05) is 0 Å². The zero-order valence-electron chi connectivity index (χ0n) is 8.87. The summed E-state index contributed by atoms with van der Waals surface area (Å²) in [5.41, 5.74) is 0. The van der Waals surface area contributed by atoms with E-state index in [9.17, 15) is 0 Å². The molecule has 0 aromatic carbocycles. The molecule has 0 aliphatic heterocycles. The van der Waals surface area contributed by atoms with Crippen molar-refractivity contribution in [3.05, 3.63) is 0 Å². The highest BCUT2D eigenvalue weighted by atomic mass is 32.1. The molecule has 0 heterocycles. The van der Waals surface area contributed by atoms with Gasteiger partial charge in [-0.3, -0.25) is 0 Å². The van der Waals surface area contributed by atoms with Gasteiger partial charge in [-0.2, -0.15) is 12.6 Å². The molecule has 0 radical (unpaired) electrons. The molecule has 0 aliphatic rings. The topological polar surface area (TPSA) is 27.7 Å². The van der Waals surface area contributed by atoms with Gasteiger partial charge in [0, 0.05) is 32.6 Å². The molecule has 1 unspecified atom stereocenters. The molecule has 80 valence electrons. The van der Waals surface area contributed by atoms with E-state index in [0.717, 1.165) is 18.9 Å². The number of hydrogen-bond acceptors (Lipinski definition) is 4. The predicted octanol–water partition coefficient (Wildman–Crippen LogP) is 1.96. The smallest absolute Gasteiger partial charge is 0.377 e. The molecule has 0 saturated heterocycles. The van der Waals surface area contributed by atoms with Crippen LogP contribution in [-0.4, -0.2) is 35.4 Å². The molecule has 0 aromatic heterocycles. The van der Waals surface area contributed by atoms with E-state index >= 15 is 0 Å². The molecule has 3 nitrogen and oxygen atoms in total. The van der Waals surface area contributed by atoms with Gasteiger partial charge < -0.3 is 13.3 Å². The van der Waals surface area contributed by atoms with Crippen LogP contribution in [0.3, 0.4) is 0 Å². The molecule has 0 aliphatic carbocycles. The van der Waals surface area contributed by atoms with Crippen LogP contribution in [0.2, 0.25) is 6.04 Å². The Balaban J connectivity index is 3.95. The molecule has 0 N–H and O–H groups in total. The van der Waals surface area contributed by atoms with Crippen molar-refractivity contribution < 1.29 is 13.3 Å². The van der Waals surface area contributed by atoms with Gasteiger partial charge in [0.2, 0.25) is 0 Å². The van der Waals surface area contributed by atoms with Crippen molar-refractivity contribution in [2.24, 2.45) is 0 Å². The largest absolute Gasteiger partial charge is 0.500 e. The second kappa shape index (κ2) is 6.84. The first-order valence-electron chi connectivity index (χ1n) is 4.47. The van der Waals surface area contributed by atoms with Crippen LogP contribution in [0.1, 0.15) is 19.8 Å². The van der Waals surface area contributed by atoms with E-state index < -0.39 is 8.80 Å². The van der Waals surface area contributed by atoms with E-state index in [4.69, 9.17) is 13.3 Å². The zero-order chi connectivity index (χ0) is 10.3. The first-order valence-corrected chi connectivity index (χ1v) is 6.92. The van der Waals surface area contributed by atoms with Crippen LogP contribution in [0.25, 0.3) is 0 Å². The maximum absolute atomic E-state index is 5.29. The van der Waals surface area contributed by atoms with Gasteiger partial charge in [0.1, 0.15) is 0 Å². The molecule has 0 aromatic rings. The Morgan fingerprint density at radius 3 is 1.92 bits per heavy atom. The van der Waals surface area contributed by atoms with Crippen molar-refractivity contribution in [1.29, 1.82) is 0 Å². The zero-order valence-corrected chi connectivity index (χ0v) is 10.8. The van der Waals surface area contributed by atoms with Crippen molar-refractivity contribution >= 4 is 21.4 Å². The fourth-order valence-corrected chi connectivity index (χ4v) is 3.29. The second-order valence-corrected chi connectivity index (χ2v) is 6.72. The van der Waals surface area contributed by atoms with Crippen LogP contribution >= 0.6 is 12.6 Å². The normalized spacial score (nSPS) is 14.5. The maximum Gasteiger partial charge on any atom is 0.500 e. The summed E-state index contributed by atoms with van der Waals surface area (Å²) in [4.78, 5) is 0. The van der Waals surface area contributed by atoms with E-state index in [1.54, 1.807) is 21.3 Å². The lowest BCUT2D eigenvalue weighted by Gasteiger charge is -2.25. The Labute approximate surface area is 87.5 Å². The van der Waals surface area contributed by atoms with Crippen molar-refractivity contribution in [3.8, 4) is 0 Å². The van der Waals surface area contributed by atoms with Crippen molar-refractivity contribution in [2.75, 3.05) is 21.3 Å². The molecule has 0 rings (SSSR count). The fraction of sp³-hybridized carbons (Fsp3) is 1.00. The van der Waals surface area contributed by atoms with E-state index in [1.165, 1.54) is 0 Å². The maximum atomic E-state index is 5.29. The average Bonchev–Trinajstić information content (AvgIpc) is 2.20. The van der Waals surface area contributed by atoms with Crippen LogP contribution < -0.4 is 0 Å². The summed E-state index contributed by atoms with van der Waals surface area (Å²) in [6.45, 7) is 2.12. The molecule has 5 heteroatoms. The lowest BCUT2D eigenvalue weighted by molar-refractivity contribution is 0.123. The SMILES string of the molecule is CCC(S)CC[Si](OC)(OC)OC. The highest BCUT2D eigenvalue weighted by Crippen LogP contribution is 2.19. The number of thiol groups is 1. The number of rotatable bonds is 7. The Hall–Kier alpha value is 0.447. The summed E-state index contributed by atoms with van der Waals surface area (Å²) in [6.07, 6.45) is 2.03. The van der Waals surface area contributed by atoms with E-state index in [0.29, 0.717) is 5.25 Å². The monoisotopic (exact) mass is 224 g/mol. The lowest BCUT2D eigenvalue weighted by Crippen LogP contribution is -2.43. The molecular formula is C8H20O3SSi. The van der Waals surface area contributed by atoms with Crippen molar-refractivity contribution in [3.63, 3.8) is 0 Å². The Kier molecular flexibility index (Phi) is 7.07. The summed E-state index contributed by atoms with van der Waals surface area (Å²) in [7, 11) is 2.57.